The van der Waals surface area contributed by atoms with Crippen molar-refractivity contribution in [3.63, 3.8) is 0 Å². The molecule has 0 aliphatic heterocycles. The molecule has 0 amide bonds. The minimum atomic E-state index is -1.79. The van der Waals surface area contributed by atoms with E-state index in [4.69, 9.17) is 0 Å². The highest BCUT2D eigenvalue weighted by atomic mass is 79.9. The lowest BCUT2D eigenvalue weighted by Crippen LogP contribution is -2.52. The number of hydrogen-bond donors (Lipinski definition) is 1. The van der Waals surface area contributed by atoms with E-state index in [0.717, 1.165) is 4.47 Å². The van der Waals surface area contributed by atoms with Gasteiger partial charge >= 0.3 is 0 Å². The Morgan fingerprint density at radius 1 is 1.62 bits per heavy atom. The topological polar surface area (TPSA) is 38.0 Å². The molecule has 0 saturated heterocycles. The van der Waals surface area contributed by atoms with Crippen molar-refractivity contribution in [2.24, 2.45) is 0 Å². The monoisotopic (exact) mass is 261 g/mol. The van der Waals surface area contributed by atoms with Gasteiger partial charge in [0.1, 0.15) is 13.4 Å². The summed E-state index contributed by atoms with van der Waals surface area (Å²) in [4.78, 5) is 0. The van der Waals surface area contributed by atoms with Crippen LogP contribution in [0.25, 0.3) is 0 Å². The molecule has 0 aromatic carbocycles. The van der Waals surface area contributed by atoms with E-state index in [1.807, 2.05) is 0 Å². The van der Waals surface area contributed by atoms with Crippen molar-refractivity contribution >= 4 is 24.0 Å². The summed E-state index contributed by atoms with van der Waals surface area (Å²) in [7, 11) is -1.79. The van der Waals surface area contributed by atoms with E-state index in [1.165, 1.54) is 4.68 Å². The van der Waals surface area contributed by atoms with Crippen LogP contribution >= 0.6 is 15.9 Å². The van der Waals surface area contributed by atoms with Gasteiger partial charge in [0.15, 0.2) is 0 Å². The molecule has 1 rings (SSSR count). The molecule has 5 heteroatoms. The summed E-state index contributed by atoms with van der Waals surface area (Å²) in [5, 5.41) is 13.1. The van der Waals surface area contributed by atoms with Gasteiger partial charge in [-0.1, -0.05) is 19.6 Å². The SMILES string of the molecule is [CH2]C(O)(n1cc(Br)cn1)[Si](C)(C)C. The Morgan fingerprint density at radius 2 is 2.15 bits per heavy atom. The van der Waals surface area contributed by atoms with E-state index in [0.29, 0.717) is 0 Å². The van der Waals surface area contributed by atoms with E-state index in [-0.39, 0.29) is 0 Å². The number of nitrogens with zero attached hydrogens (tertiary/aromatic N) is 2. The second-order valence-corrected chi connectivity index (χ2v) is 10.4. The summed E-state index contributed by atoms with van der Waals surface area (Å²) < 4.78 is 2.37. The lowest BCUT2D eigenvalue weighted by molar-refractivity contribution is 0.0738. The van der Waals surface area contributed by atoms with Gasteiger partial charge < -0.3 is 5.11 Å². The molecule has 3 nitrogen and oxygen atoms in total. The van der Waals surface area contributed by atoms with Crippen LogP contribution in [-0.4, -0.2) is 23.0 Å². The van der Waals surface area contributed by atoms with Crippen molar-refractivity contribution in [2.45, 2.75) is 25.0 Å². The lowest BCUT2D eigenvalue weighted by Gasteiger charge is -2.35. The smallest absolute Gasteiger partial charge is 0.141 e. The van der Waals surface area contributed by atoms with Gasteiger partial charge in [0.2, 0.25) is 0 Å². The van der Waals surface area contributed by atoms with E-state index in [9.17, 15) is 5.11 Å². The van der Waals surface area contributed by atoms with Gasteiger partial charge in [-0.15, -0.1) is 0 Å². The van der Waals surface area contributed by atoms with Crippen molar-refractivity contribution in [3.05, 3.63) is 23.8 Å². The summed E-state index contributed by atoms with van der Waals surface area (Å²) >= 11 is 3.28. The molecule has 1 N–H and O–H groups in total. The first kappa shape index (κ1) is 10.9. The summed E-state index contributed by atoms with van der Waals surface area (Å²) in [5.41, 5.74) is 0. The van der Waals surface area contributed by atoms with Crippen molar-refractivity contribution in [3.8, 4) is 0 Å². The second-order valence-electron chi connectivity index (χ2n) is 4.17. The van der Waals surface area contributed by atoms with Crippen LogP contribution in [0, 0.1) is 6.92 Å². The summed E-state index contributed by atoms with van der Waals surface area (Å²) in [6, 6.07) is 0. The van der Waals surface area contributed by atoms with E-state index in [1.54, 1.807) is 12.4 Å². The van der Waals surface area contributed by atoms with Gasteiger partial charge in [0.05, 0.1) is 10.7 Å². The molecule has 0 bridgehead atoms. The van der Waals surface area contributed by atoms with Crippen molar-refractivity contribution < 1.29 is 5.11 Å². The molecule has 0 spiro atoms. The fraction of sp³-hybridized carbons (Fsp3) is 0.500. The summed E-state index contributed by atoms with van der Waals surface area (Å²) in [6.45, 7) is 9.98. The number of aromatic nitrogens is 2. The summed E-state index contributed by atoms with van der Waals surface area (Å²) in [5.74, 6) is 0. The molecule has 1 aromatic heterocycles. The molecule has 1 heterocycles. The maximum atomic E-state index is 10.2. The quantitative estimate of drug-likeness (QED) is 0.828. The average Bonchev–Trinajstić information content (AvgIpc) is 2.33. The number of aliphatic hydroxyl groups is 1. The van der Waals surface area contributed by atoms with Gasteiger partial charge in [-0.25, -0.2) is 4.68 Å². The van der Waals surface area contributed by atoms with Crippen LogP contribution in [0.3, 0.4) is 0 Å². The van der Waals surface area contributed by atoms with Crippen LogP contribution in [0.5, 0.6) is 0 Å². The zero-order valence-corrected chi connectivity index (χ0v) is 10.7. The van der Waals surface area contributed by atoms with Crippen LogP contribution in [0.2, 0.25) is 19.6 Å². The fourth-order valence-electron chi connectivity index (χ4n) is 0.847. The van der Waals surface area contributed by atoms with Gasteiger partial charge in [-0.05, 0) is 22.9 Å². The minimum absolute atomic E-state index is 0.854. The predicted octanol–water partition coefficient (Wildman–Crippen LogP) is 2.00. The number of halogens is 1. The molecule has 1 radical (unpaired) electrons. The normalized spacial score (nSPS) is 17.1. The van der Waals surface area contributed by atoms with Gasteiger partial charge in [0.25, 0.3) is 0 Å². The molecule has 1 aromatic rings. The Bertz CT molecular complexity index is 303. The highest BCUT2D eigenvalue weighted by molar-refractivity contribution is 9.10. The minimum Gasteiger partial charge on any atom is -0.373 e. The first-order valence-electron chi connectivity index (χ1n) is 4.03. The Hall–Kier alpha value is -0.133. The van der Waals surface area contributed by atoms with Crippen molar-refractivity contribution in [1.82, 2.24) is 9.78 Å². The molecule has 0 aliphatic carbocycles. The third-order valence-corrected chi connectivity index (χ3v) is 5.17. The maximum absolute atomic E-state index is 10.2. The fourth-order valence-corrected chi connectivity index (χ4v) is 1.94. The Morgan fingerprint density at radius 3 is 2.46 bits per heavy atom. The molecule has 1 unspecified atom stereocenters. The number of hydrogen-bond acceptors (Lipinski definition) is 2. The second kappa shape index (κ2) is 3.22. The predicted molar refractivity (Wildman–Crippen MR) is 58.8 cm³/mol. The first-order chi connectivity index (χ1) is 5.75. The molecule has 13 heavy (non-hydrogen) atoms. The number of rotatable bonds is 2. The average molecular weight is 262 g/mol. The zero-order chi connectivity index (χ0) is 10.3. The highest BCUT2D eigenvalue weighted by Gasteiger charge is 2.39. The molecular formula is C8H14BrN2OSi. The van der Waals surface area contributed by atoms with Crippen LogP contribution in [0.4, 0.5) is 0 Å². The van der Waals surface area contributed by atoms with Crippen LogP contribution in [0.15, 0.2) is 16.9 Å². The zero-order valence-electron chi connectivity index (χ0n) is 8.08. The standard InChI is InChI=1S/C8H14BrN2OSi/c1-8(12,13(2,3)4)11-6-7(9)5-10-11/h5-6,12H,1H2,2-4H3. The van der Waals surface area contributed by atoms with Crippen LogP contribution < -0.4 is 0 Å². The van der Waals surface area contributed by atoms with Crippen LogP contribution in [0.1, 0.15) is 0 Å². The molecule has 0 aliphatic rings. The van der Waals surface area contributed by atoms with Gasteiger partial charge in [-0.2, -0.15) is 5.10 Å². The molecule has 73 valence electrons. The van der Waals surface area contributed by atoms with E-state index < -0.39 is 13.4 Å². The third-order valence-electron chi connectivity index (χ3n) is 2.13. The summed E-state index contributed by atoms with van der Waals surface area (Å²) in [6.07, 6.45) is 3.39. The third kappa shape index (κ3) is 2.03. The molecule has 0 fully saturated rings. The Kier molecular flexibility index (Phi) is 2.71. The highest BCUT2D eigenvalue weighted by Crippen LogP contribution is 2.25. The van der Waals surface area contributed by atoms with Crippen LogP contribution in [-0.2, 0) is 5.35 Å². The largest absolute Gasteiger partial charge is 0.373 e. The lowest BCUT2D eigenvalue weighted by atomic mass is 10.6. The van der Waals surface area contributed by atoms with Crippen molar-refractivity contribution in [1.29, 1.82) is 0 Å². The van der Waals surface area contributed by atoms with E-state index in [2.05, 4.69) is 47.6 Å². The van der Waals surface area contributed by atoms with Gasteiger partial charge in [0, 0.05) is 6.20 Å². The molecule has 1 atom stereocenters. The van der Waals surface area contributed by atoms with Crippen molar-refractivity contribution in [2.75, 3.05) is 0 Å². The Balaban J connectivity index is 3.07. The van der Waals surface area contributed by atoms with Gasteiger partial charge in [-0.3, -0.25) is 0 Å². The molecular weight excluding hydrogens is 248 g/mol. The van der Waals surface area contributed by atoms with E-state index >= 15 is 0 Å². The maximum Gasteiger partial charge on any atom is 0.141 e. The molecule has 0 saturated carbocycles. The first-order valence-corrected chi connectivity index (χ1v) is 8.33. The Labute approximate surface area is 87.9 Å².